The van der Waals surface area contributed by atoms with E-state index in [9.17, 15) is 22.4 Å². The average Bonchev–Trinajstić information content (AvgIpc) is 2.69. The lowest BCUT2D eigenvalue weighted by Crippen LogP contribution is -2.54. The first kappa shape index (κ1) is 27.9. The molecule has 0 aliphatic heterocycles. The third-order valence-electron chi connectivity index (χ3n) is 4.82. The third kappa shape index (κ3) is 7.58. The number of sulfonamides is 1. The van der Waals surface area contributed by atoms with E-state index in [1.807, 2.05) is 0 Å². The quantitative estimate of drug-likeness (QED) is 0.552. The fourth-order valence-electron chi connectivity index (χ4n) is 3.15. The van der Waals surface area contributed by atoms with Gasteiger partial charge in [-0.15, -0.1) is 0 Å². The predicted molar refractivity (Wildman–Crippen MR) is 133 cm³/mol. The predicted octanol–water partition coefficient (Wildman–Crippen LogP) is 4.23. The fraction of sp³-hybridized carbons (Fsp3) is 0.391. The molecule has 2 aromatic rings. The van der Waals surface area contributed by atoms with Gasteiger partial charge >= 0.3 is 0 Å². The highest BCUT2D eigenvalue weighted by Crippen LogP contribution is 2.30. The maximum Gasteiger partial charge on any atom is 0.244 e. The number of carbonyl (C=O) groups excluding carboxylic acids is 2. The summed E-state index contributed by atoms with van der Waals surface area (Å²) in [4.78, 5) is 27.4. The highest BCUT2D eigenvalue weighted by molar-refractivity contribution is 7.92. The Bertz CT molecular complexity index is 1170. The lowest BCUT2D eigenvalue weighted by Gasteiger charge is -2.33. The molecule has 2 amide bonds. The second-order valence-electron chi connectivity index (χ2n) is 8.89. The molecule has 0 saturated carbocycles. The zero-order chi connectivity index (χ0) is 25.8. The number of halogens is 3. The van der Waals surface area contributed by atoms with E-state index in [2.05, 4.69) is 5.32 Å². The molecule has 11 heteroatoms. The van der Waals surface area contributed by atoms with E-state index < -0.39 is 45.8 Å². The molecule has 186 valence electrons. The molecule has 0 saturated heterocycles. The van der Waals surface area contributed by atoms with Crippen LogP contribution in [-0.2, 0) is 26.2 Å². The molecule has 1 atom stereocenters. The van der Waals surface area contributed by atoms with Crippen LogP contribution < -0.4 is 9.62 Å². The summed E-state index contributed by atoms with van der Waals surface area (Å²) in [6.07, 6.45) is 0.933. The molecule has 0 bridgehead atoms. The molecule has 0 heterocycles. The van der Waals surface area contributed by atoms with Gasteiger partial charge in [-0.05, 0) is 52.0 Å². The minimum Gasteiger partial charge on any atom is -0.350 e. The molecule has 0 aliphatic carbocycles. The summed E-state index contributed by atoms with van der Waals surface area (Å²) in [5.74, 6) is -1.73. The topological polar surface area (TPSA) is 86.8 Å². The summed E-state index contributed by atoms with van der Waals surface area (Å²) in [6.45, 7) is 5.97. The van der Waals surface area contributed by atoms with Gasteiger partial charge in [-0.3, -0.25) is 13.9 Å². The normalized spacial score (nSPS) is 12.7. The highest BCUT2D eigenvalue weighted by atomic mass is 35.5. The first-order valence-corrected chi connectivity index (χ1v) is 13.0. The Morgan fingerprint density at radius 1 is 1.12 bits per heavy atom. The minimum absolute atomic E-state index is 0.0323. The van der Waals surface area contributed by atoms with Gasteiger partial charge in [-0.25, -0.2) is 12.8 Å². The van der Waals surface area contributed by atoms with Crippen LogP contribution in [-0.4, -0.2) is 49.5 Å². The van der Waals surface area contributed by atoms with Crippen LogP contribution in [0.2, 0.25) is 10.0 Å². The summed E-state index contributed by atoms with van der Waals surface area (Å²) < 4.78 is 40.3. The second-order valence-corrected chi connectivity index (χ2v) is 11.6. The van der Waals surface area contributed by atoms with Gasteiger partial charge in [0.15, 0.2) is 0 Å². The van der Waals surface area contributed by atoms with Crippen LogP contribution in [0.5, 0.6) is 0 Å². The van der Waals surface area contributed by atoms with Crippen molar-refractivity contribution in [3.63, 3.8) is 0 Å². The van der Waals surface area contributed by atoms with E-state index in [0.29, 0.717) is 5.02 Å². The number of hydrogen-bond acceptors (Lipinski definition) is 4. The van der Waals surface area contributed by atoms with Crippen LogP contribution in [0.4, 0.5) is 10.1 Å². The van der Waals surface area contributed by atoms with Gasteiger partial charge in [0.05, 0.1) is 17.0 Å². The second kappa shape index (κ2) is 10.9. The van der Waals surface area contributed by atoms with Crippen molar-refractivity contribution in [2.75, 3.05) is 17.1 Å². The van der Waals surface area contributed by atoms with Gasteiger partial charge in [-0.1, -0.05) is 41.4 Å². The van der Waals surface area contributed by atoms with Gasteiger partial charge in [0, 0.05) is 22.7 Å². The van der Waals surface area contributed by atoms with E-state index in [0.717, 1.165) is 15.5 Å². The monoisotopic (exact) mass is 531 g/mol. The van der Waals surface area contributed by atoms with Crippen LogP contribution in [0, 0.1) is 5.82 Å². The van der Waals surface area contributed by atoms with Crippen molar-refractivity contribution in [1.29, 1.82) is 0 Å². The Morgan fingerprint density at radius 2 is 1.74 bits per heavy atom. The van der Waals surface area contributed by atoms with Crippen molar-refractivity contribution >= 4 is 50.7 Å². The standard InChI is InChI=1S/C23H28Cl2FN3O4S/c1-15(22(31)27-23(2,3)4)28(13-16-8-6-7-9-19(16)26)21(30)14-29(34(5,32)33)20-11-10-17(24)12-18(20)25/h6-12,15H,13-14H2,1-5H3,(H,27,31). The number of nitrogens with zero attached hydrogens (tertiary/aromatic N) is 2. The summed E-state index contributed by atoms with van der Waals surface area (Å²) in [7, 11) is -3.95. The Hall–Kier alpha value is -2.36. The molecule has 1 N–H and O–H groups in total. The van der Waals surface area contributed by atoms with Gasteiger partial charge in [0.25, 0.3) is 0 Å². The van der Waals surface area contributed by atoms with Crippen LogP contribution >= 0.6 is 23.2 Å². The van der Waals surface area contributed by atoms with Crippen molar-refractivity contribution in [2.45, 2.75) is 45.8 Å². The van der Waals surface area contributed by atoms with Gasteiger partial charge < -0.3 is 10.2 Å². The molecule has 0 radical (unpaired) electrons. The van der Waals surface area contributed by atoms with Crippen molar-refractivity contribution in [2.24, 2.45) is 0 Å². The van der Waals surface area contributed by atoms with Crippen molar-refractivity contribution in [3.8, 4) is 0 Å². The Morgan fingerprint density at radius 3 is 2.26 bits per heavy atom. The molecule has 0 spiro atoms. The van der Waals surface area contributed by atoms with Crippen LogP contribution in [0.25, 0.3) is 0 Å². The van der Waals surface area contributed by atoms with E-state index in [-0.39, 0.29) is 22.8 Å². The number of amides is 2. The molecule has 1 unspecified atom stereocenters. The summed E-state index contributed by atoms with van der Waals surface area (Å²) >= 11 is 12.1. The number of rotatable bonds is 8. The molecule has 0 fully saturated rings. The average molecular weight is 532 g/mol. The molecule has 2 aromatic carbocycles. The zero-order valence-corrected chi connectivity index (χ0v) is 21.9. The molecular weight excluding hydrogens is 504 g/mol. The molecule has 0 aromatic heterocycles. The maximum absolute atomic E-state index is 14.4. The first-order chi connectivity index (χ1) is 15.6. The fourth-order valence-corrected chi connectivity index (χ4v) is 4.57. The lowest BCUT2D eigenvalue weighted by molar-refractivity contribution is -0.140. The van der Waals surface area contributed by atoms with Gasteiger partial charge in [0.2, 0.25) is 21.8 Å². The summed E-state index contributed by atoms with van der Waals surface area (Å²) in [6, 6.07) is 9.03. The van der Waals surface area contributed by atoms with Crippen molar-refractivity contribution in [1.82, 2.24) is 10.2 Å². The number of nitrogens with one attached hydrogen (secondary N) is 1. The molecular formula is C23H28Cl2FN3O4S. The Labute approximate surface area is 209 Å². The van der Waals surface area contributed by atoms with Crippen LogP contribution in [0.1, 0.15) is 33.3 Å². The maximum atomic E-state index is 14.4. The molecule has 0 aliphatic rings. The Balaban J connectivity index is 2.45. The van der Waals surface area contributed by atoms with E-state index in [4.69, 9.17) is 23.2 Å². The van der Waals surface area contributed by atoms with E-state index in [1.54, 1.807) is 26.8 Å². The largest absolute Gasteiger partial charge is 0.350 e. The van der Waals surface area contributed by atoms with Gasteiger partial charge in [0.1, 0.15) is 18.4 Å². The SMILES string of the molecule is CC(C(=O)NC(C)(C)C)N(Cc1ccccc1F)C(=O)CN(c1ccc(Cl)cc1Cl)S(C)(=O)=O. The molecule has 2 rings (SSSR count). The van der Waals surface area contributed by atoms with E-state index in [1.165, 1.54) is 43.3 Å². The van der Waals surface area contributed by atoms with E-state index >= 15 is 0 Å². The zero-order valence-electron chi connectivity index (χ0n) is 19.6. The van der Waals surface area contributed by atoms with Crippen LogP contribution in [0.15, 0.2) is 42.5 Å². The lowest BCUT2D eigenvalue weighted by atomic mass is 10.1. The highest BCUT2D eigenvalue weighted by Gasteiger charge is 2.32. The summed E-state index contributed by atoms with van der Waals surface area (Å²) in [5.41, 5.74) is -0.338. The first-order valence-electron chi connectivity index (χ1n) is 10.4. The molecule has 34 heavy (non-hydrogen) atoms. The van der Waals surface area contributed by atoms with Gasteiger partial charge in [-0.2, -0.15) is 0 Å². The number of hydrogen-bond donors (Lipinski definition) is 1. The Kier molecular flexibility index (Phi) is 8.96. The number of carbonyl (C=O) groups is 2. The van der Waals surface area contributed by atoms with Crippen LogP contribution in [0.3, 0.4) is 0 Å². The van der Waals surface area contributed by atoms with Crippen molar-refractivity contribution < 1.29 is 22.4 Å². The molecule has 7 nitrogen and oxygen atoms in total. The number of anilines is 1. The van der Waals surface area contributed by atoms with Crippen molar-refractivity contribution in [3.05, 3.63) is 63.9 Å². The third-order valence-corrected chi connectivity index (χ3v) is 6.49. The summed E-state index contributed by atoms with van der Waals surface area (Å²) in [5, 5.41) is 3.12. The smallest absolute Gasteiger partial charge is 0.244 e. The minimum atomic E-state index is -3.95. The number of benzene rings is 2.